The van der Waals surface area contributed by atoms with E-state index in [1.807, 2.05) is 19.1 Å². The molecule has 1 aromatic heterocycles. The summed E-state index contributed by atoms with van der Waals surface area (Å²) in [6.07, 6.45) is 1.04. The lowest BCUT2D eigenvalue weighted by Gasteiger charge is -2.30. The molecule has 1 unspecified atom stereocenters. The van der Waals surface area contributed by atoms with Crippen LogP contribution in [0.2, 0.25) is 0 Å². The van der Waals surface area contributed by atoms with Gasteiger partial charge in [-0.15, -0.1) is 0 Å². The van der Waals surface area contributed by atoms with Crippen molar-refractivity contribution in [3.63, 3.8) is 0 Å². The molecule has 0 saturated heterocycles. The van der Waals surface area contributed by atoms with Crippen molar-refractivity contribution in [2.45, 2.75) is 33.2 Å². The predicted octanol–water partition coefficient (Wildman–Crippen LogP) is 2.28. The van der Waals surface area contributed by atoms with Gasteiger partial charge in [-0.3, -0.25) is 0 Å². The van der Waals surface area contributed by atoms with E-state index >= 15 is 0 Å². The third kappa shape index (κ3) is 4.44. The number of nitrogens with two attached hydrogens (primary N) is 1. The topological polar surface area (TPSA) is 51.4 Å². The Labute approximate surface area is 121 Å². The van der Waals surface area contributed by atoms with E-state index in [1.54, 1.807) is 7.11 Å². The van der Waals surface area contributed by atoms with Crippen LogP contribution >= 0.6 is 12.2 Å². The number of thiocarbonyl (C=S) groups is 1. The predicted molar refractivity (Wildman–Crippen MR) is 83.8 cm³/mol. The van der Waals surface area contributed by atoms with Gasteiger partial charge in [0.2, 0.25) is 0 Å². The fraction of sp³-hybridized carbons (Fsp3) is 0.571. The quantitative estimate of drug-likeness (QED) is 0.777. The molecule has 106 valence electrons. The van der Waals surface area contributed by atoms with Crippen LogP contribution in [0.3, 0.4) is 0 Å². The standard InChI is InChI=1S/C14H23N3OS/c1-5-11(3)17(6-7-18-4)13-9-12(14(15)19)8-10(2)16-13/h8-9,11H,5-7H2,1-4H3,(H2,15,19). The average Bonchev–Trinajstić information content (AvgIpc) is 2.38. The molecule has 0 fully saturated rings. The molecular weight excluding hydrogens is 258 g/mol. The van der Waals surface area contributed by atoms with Crippen LogP contribution in [0.1, 0.15) is 31.5 Å². The number of ether oxygens (including phenoxy) is 1. The summed E-state index contributed by atoms with van der Waals surface area (Å²) in [6, 6.07) is 4.26. The zero-order valence-electron chi connectivity index (χ0n) is 12.1. The first-order valence-electron chi connectivity index (χ1n) is 6.53. The lowest BCUT2D eigenvalue weighted by molar-refractivity contribution is 0.203. The smallest absolute Gasteiger partial charge is 0.129 e. The summed E-state index contributed by atoms with van der Waals surface area (Å²) in [4.78, 5) is 7.23. The Morgan fingerprint density at radius 2 is 2.21 bits per heavy atom. The van der Waals surface area contributed by atoms with E-state index in [1.165, 1.54) is 0 Å². The van der Waals surface area contributed by atoms with Gasteiger partial charge < -0.3 is 15.4 Å². The number of methoxy groups -OCH3 is 1. The minimum Gasteiger partial charge on any atom is -0.389 e. The van der Waals surface area contributed by atoms with E-state index in [2.05, 4.69) is 23.7 Å². The normalized spacial score (nSPS) is 12.2. The molecule has 5 heteroatoms. The van der Waals surface area contributed by atoms with E-state index in [0.29, 0.717) is 17.6 Å². The molecule has 0 aromatic carbocycles. The fourth-order valence-electron chi connectivity index (χ4n) is 1.91. The number of nitrogens with zero attached hydrogens (tertiary/aromatic N) is 2. The molecule has 19 heavy (non-hydrogen) atoms. The molecule has 1 aromatic rings. The van der Waals surface area contributed by atoms with Gasteiger partial charge in [0.25, 0.3) is 0 Å². The number of hydrogen-bond donors (Lipinski definition) is 1. The second kappa shape index (κ2) is 7.40. The highest BCUT2D eigenvalue weighted by Crippen LogP contribution is 2.19. The van der Waals surface area contributed by atoms with Crippen LogP contribution in [0.5, 0.6) is 0 Å². The molecule has 0 spiro atoms. The molecule has 0 bridgehead atoms. The van der Waals surface area contributed by atoms with Gasteiger partial charge in [0.1, 0.15) is 10.8 Å². The van der Waals surface area contributed by atoms with E-state index in [-0.39, 0.29) is 0 Å². The zero-order chi connectivity index (χ0) is 14.4. The highest BCUT2D eigenvalue weighted by atomic mass is 32.1. The fourth-order valence-corrected chi connectivity index (χ4v) is 2.03. The number of aryl methyl sites for hydroxylation is 1. The van der Waals surface area contributed by atoms with E-state index < -0.39 is 0 Å². The molecule has 0 saturated carbocycles. The second-order valence-corrected chi connectivity index (χ2v) is 5.10. The van der Waals surface area contributed by atoms with Gasteiger partial charge in [-0.25, -0.2) is 4.98 Å². The maximum Gasteiger partial charge on any atom is 0.129 e. The Bertz CT molecular complexity index is 437. The third-order valence-corrected chi connectivity index (χ3v) is 3.41. The summed E-state index contributed by atoms with van der Waals surface area (Å²) in [5, 5.41) is 0. The highest BCUT2D eigenvalue weighted by Gasteiger charge is 2.15. The molecule has 4 nitrogen and oxygen atoms in total. The van der Waals surface area contributed by atoms with Crippen molar-refractivity contribution < 1.29 is 4.74 Å². The third-order valence-electron chi connectivity index (χ3n) is 3.18. The minimum absolute atomic E-state index is 0.392. The average molecular weight is 281 g/mol. The van der Waals surface area contributed by atoms with Crippen LogP contribution < -0.4 is 10.6 Å². The summed E-state index contributed by atoms with van der Waals surface area (Å²) in [6.45, 7) is 7.77. The van der Waals surface area contributed by atoms with Crippen LogP contribution in [-0.2, 0) is 4.74 Å². The monoisotopic (exact) mass is 281 g/mol. The van der Waals surface area contributed by atoms with E-state index in [9.17, 15) is 0 Å². The van der Waals surface area contributed by atoms with Gasteiger partial charge in [-0.2, -0.15) is 0 Å². The lowest BCUT2D eigenvalue weighted by Crippen LogP contribution is -2.36. The first-order chi connectivity index (χ1) is 8.99. The number of aromatic nitrogens is 1. The van der Waals surface area contributed by atoms with Crippen molar-refractivity contribution >= 4 is 23.0 Å². The van der Waals surface area contributed by atoms with Crippen LogP contribution in [0, 0.1) is 6.92 Å². The highest BCUT2D eigenvalue weighted by molar-refractivity contribution is 7.80. The summed E-state index contributed by atoms with van der Waals surface area (Å²) >= 11 is 5.06. The molecule has 0 aliphatic carbocycles. The SMILES string of the molecule is CCC(C)N(CCOC)c1cc(C(N)=S)cc(C)n1. The second-order valence-electron chi connectivity index (χ2n) is 4.66. The number of rotatable bonds is 7. The Hall–Kier alpha value is -1.20. The molecule has 1 rings (SSSR count). The maximum atomic E-state index is 5.72. The van der Waals surface area contributed by atoms with Gasteiger partial charge in [-0.05, 0) is 32.4 Å². The largest absolute Gasteiger partial charge is 0.389 e. The zero-order valence-corrected chi connectivity index (χ0v) is 13.0. The minimum atomic E-state index is 0.392. The Morgan fingerprint density at radius 3 is 2.74 bits per heavy atom. The molecular formula is C14H23N3OS. The Kier molecular flexibility index (Phi) is 6.18. The van der Waals surface area contributed by atoms with Gasteiger partial charge in [-0.1, -0.05) is 19.1 Å². The summed E-state index contributed by atoms with van der Waals surface area (Å²) < 4.78 is 5.18. The molecule has 0 aliphatic heterocycles. The summed E-state index contributed by atoms with van der Waals surface area (Å²) in [7, 11) is 1.71. The van der Waals surface area contributed by atoms with Crippen molar-refractivity contribution in [1.82, 2.24) is 4.98 Å². The van der Waals surface area contributed by atoms with Crippen molar-refractivity contribution in [2.24, 2.45) is 5.73 Å². The van der Waals surface area contributed by atoms with Crippen molar-refractivity contribution in [1.29, 1.82) is 0 Å². The van der Waals surface area contributed by atoms with Crippen molar-refractivity contribution in [3.8, 4) is 0 Å². The molecule has 1 heterocycles. The maximum absolute atomic E-state index is 5.72. The molecule has 0 aliphatic rings. The van der Waals surface area contributed by atoms with E-state index in [4.69, 9.17) is 22.7 Å². The lowest BCUT2D eigenvalue weighted by atomic mass is 10.1. The van der Waals surface area contributed by atoms with Gasteiger partial charge in [0.05, 0.1) is 6.61 Å². The van der Waals surface area contributed by atoms with E-state index in [0.717, 1.165) is 30.0 Å². The summed E-state index contributed by atoms with van der Waals surface area (Å²) in [5.74, 6) is 0.911. The van der Waals surface area contributed by atoms with Crippen molar-refractivity contribution in [2.75, 3.05) is 25.2 Å². The molecule has 1 atom stereocenters. The van der Waals surface area contributed by atoms with Gasteiger partial charge >= 0.3 is 0 Å². The van der Waals surface area contributed by atoms with Gasteiger partial charge in [0.15, 0.2) is 0 Å². The molecule has 0 radical (unpaired) electrons. The van der Waals surface area contributed by atoms with Gasteiger partial charge in [0, 0.05) is 31.0 Å². The summed E-state index contributed by atoms with van der Waals surface area (Å²) in [5.41, 5.74) is 7.51. The van der Waals surface area contributed by atoms with Crippen LogP contribution in [0.4, 0.5) is 5.82 Å². The molecule has 2 N–H and O–H groups in total. The Balaban J connectivity index is 3.10. The Morgan fingerprint density at radius 1 is 1.53 bits per heavy atom. The number of anilines is 1. The number of hydrogen-bond acceptors (Lipinski definition) is 4. The molecule has 0 amide bonds. The van der Waals surface area contributed by atoms with Crippen LogP contribution in [-0.4, -0.2) is 36.3 Å². The first-order valence-corrected chi connectivity index (χ1v) is 6.94. The first kappa shape index (κ1) is 15.9. The van der Waals surface area contributed by atoms with Crippen LogP contribution in [0.15, 0.2) is 12.1 Å². The van der Waals surface area contributed by atoms with Crippen LogP contribution in [0.25, 0.3) is 0 Å². The van der Waals surface area contributed by atoms with Crippen molar-refractivity contribution in [3.05, 3.63) is 23.4 Å². The number of pyridine rings is 1.